The molecule has 4 heterocycles. The largest absolute Gasteiger partial charge is 0.285 e. The fraction of sp³-hybridized carbons (Fsp3) is 0.217. The number of hydrogen-bond donors (Lipinski definition) is 0. The molecule has 6 aromatic rings. The molecular formula is C46H38N6O6. The SMILES string of the molecule is Cc1c(-c2ccc(N3C(=O)C4C5C=CC(C4C3=O)C3C(=O)N(c4ccc(-c6c(C)n(C)n(-c7ccccc7)c6=O)cc4)C(=O)C53)cc2)c(=O)n(-c2ccccc2)n1C. The van der Waals surface area contributed by atoms with E-state index in [9.17, 15) is 28.8 Å². The lowest BCUT2D eigenvalue weighted by Gasteiger charge is -2.44. The molecule has 3 fully saturated rings. The second kappa shape index (κ2) is 12.7. The highest BCUT2D eigenvalue weighted by Crippen LogP contribution is 2.58. The number of carbonyl (C=O) groups is 4. The molecule has 288 valence electrons. The first-order valence-electron chi connectivity index (χ1n) is 19.3. The molecule has 0 spiro atoms. The maximum absolute atomic E-state index is 14.3. The van der Waals surface area contributed by atoms with Gasteiger partial charge in [-0.25, -0.2) is 9.36 Å². The molecule has 2 saturated heterocycles. The van der Waals surface area contributed by atoms with Crippen molar-refractivity contribution in [1.29, 1.82) is 0 Å². The third kappa shape index (κ3) is 4.74. The van der Waals surface area contributed by atoms with E-state index in [1.807, 2.05) is 101 Å². The minimum absolute atomic E-state index is 0.189. The van der Waals surface area contributed by atoms with Gasteiger partial charge in [-0.1, -0.05) is 72.8 Å². The van der Waals surface area contributed by atoms with E-state index in [1.165, 1.54) is 9.80 Å². The molecular weight excluding hydrogens is 733 g/mol. The van der Waals surface area contributed by atoms with Crippen molar-refractivity contribution in [2.45, 2.75) is 13.8 Å². The van der Waals surface area contributed by atoms with Gasteiger partial charge in [0.15, 0.2) is 0 Å². The van der Waals surface area contributed by atoms with E-state index >= 15 is 0 Å². The first-order chi connectivity index (χ1) is 28.0. The van der Waals surface area contributed by atoms with Crippen LogP contribution in [-0.4, -0.2) is 42.4 Å². The number of hydrogen-bond acceptors (Lipinski definition) is 6. The molecule has 2 bridgehead atoms. The number of aromatic nitrogens is 4. The van der Waals surface area contributed by atoms with Crippen LogP contribution in [0.3, 0.4) is 0 Å². The van der Waals surface area contributed by atoms with Crippen molar-refractivity contribution in [3.8, 4) is 33.6 Å². The molecule has 12 heteroatoms. The maximum Gasteiger partial charge on any atom is 0.279 e. The smallest absolute Gasteiger partial charge is 0.279 e. The van der Waals surface area contributed by atoms with Crippen LogP contribution < -0.4 is 20.9 Å². The normalized spacial score (nSPS) is 23.3. The Balaban J connectivity index is 0.916. The molecule has 4 amide bonds. The van der Waals surface area contributed by atoms with Crippen LogP contribution in [0.5, 0.6) is 0 Å². The predicted molar refractivity (Wildman–Crippen MR) is 217 cm³/mol. The van der Waals surface area contributed by atoms with Gasteiger partial charge in [-0.05, 0) is 73.5 Å². The average Bonchev–Trinajstić information content (AvgIpc) is 3.85. The van der Waals surface area contributed by atoms with Crippen molar-refractivity contribution in [3.05, 3.63) is 153 Å². The highest BCUT2D eigenvalue weighted by Gasteiger charge is 2.68. The number of amides is 4. The molecule has 2 aromatic heterocycles. The molecule has 2 aliphatic heterocycles. The summed E-state index contributed by atoms with van der Waals surface area (Å²) in [4.78, 5) is 86.7. The van der Waals surface area contributed by atoms with Crippen molar-refractivity contribution in [2.24, 2.45) is 49.6 Å². The van der Waals surface area contributed by atoms with Gasteiger partial charge in [-0.2, -0.15) is 0 Å². The highest BCUT2D eigenvalue weighted by molar-refractivity contribution is 6.26. The van der Waals surface area contributed by atoms with Crippen molar-refractivity contribution in [1.82, 2.24) is 18.7 Å². The van der Waals surface area contributed by atoms with Gasteiger partial charge in [-0.3, -0.25) is 47.9 Å². The van der Waals surface area contributed by atoms with Gasteiger partial charge in [0, 0.05) is 37.3 Å². The van der Waals surface area contributed by atoms with E-state index < -0.39 is 59.1 Å². The number of benzene rings is 4. The van der Waals surface area contributed by atoms with Crippen LogP contribution >= 0.6 is 0 Å². The summed E-state index contributed by atoms with van der Waals surface area (Å²) in [5, 5.41) is 0. The Morgan fingerprint density at radius 1 is 0.397 bits per heavy atom. The molecule has 11 rings (SSSR count). The monoisotopic (exact) mass is 770 g/mol. The molecule has 5 aliphatic rings. The number of carbonyl (C=O) groups excluding carboxylic acids is 4. The molecule has 4 atom stereocenters. The van der Waals surface area contributed by atoms with Crippen LogP contribution in [0.1, 0.15) is 11.4 Å². The Labute approximate surface area is 332 Å². The summed E-state index contributed by atoms with van der Waals surface area (Å²) in [6, 6.07) is 32.4. The van der Waals surface area contributed by atoms with E-state index in [0.717, 1.165) is 22.8 Å². The highest BCUT2D eigenvalue weighted by atomic mass is 16.2. The quantitative estimate of drug-likeness (QED) is 0.166. The van der Waals surface area contributed by atoms with Gasteiger partial charge in [0.2, 0.25) is 23.6 Å². The van der Waals surface area contributed by atoms with Crippen LogP contribution in [0.2, 0.25) is 0 Å². The molecule has 0 radical (unpaired) electrons. The molecule has 58 heavy (non-hydrogen) atoms. The first-order valence-corrected chi connectivity index (χ1v) is 19.3. The minimum Gasteiger partial charge on any atom is -0.285 e. The fourth-order valence-electron chi connectivity index (χ4n) is 10.1. The van der Waals surface area contributed by atoms with Crippen molar-refractivity contribution in [3.63, 3.8) is 0 Å². The summed E-state index contributed by atoms with van der Waals surface area (Å²) in [5.74, 6) is -6.00. The van der Waals surface area contributed by atoms with Gasteiger partial charge in [0.1, 0.15) is 0 Å². The van der Waals surface area contributed by atoms with Crippen molar-refractivity contribution < 1.29 is 19.2 Å². The van der Waals surface area contributed by atoms with E-state index in [0.29, 0.717) is 33.6 Å². The number of imide groups is 2. The lowest BCUT2D eigenvalue weighted by Crippen LogP contribution is -2.50. The Morgan fingerprint density at radius 3 is 1.02 bits per heavy atom. The summed E-state index contributed by atoms with van der Waals surface area (Å²) < 4.78 is 6.80. The van der Waals surface area contributed by atoms with Crippen LogP contribution in [0.25, 0.3) is 33.6 Å². The molecule has 3 aliphatic carbocycles. The third-order valence-corrected chi connectivity index (χ3v) is 12.9. The zero-order valence-corrected chi connectivity index (χ0v) is 32.1. The summed E-state index contributed by atoms with van der Waals surface area (Å²) in [7, 11) is 3.65. The first kappa shape index (κ1) is 35.3. The number of rotatable bonds is 6. The second-order valence-electron chi connectivity index (χ2n) is 15.6. The van der Waals surface area contributed by atoms with Gasteiger partial charge in [0.25, 0.3) is 11.1 Å². The fourth-order valence-corrected chi connectivity index (χ4v) is 10.1. The molecule has 4 aromatic carbocycles. The Kier molecular flexibility index (Phi) is 7.75. The zero-order chi connectivity index (χ0) is 40.3. The number of para-hydroxylation sites is 2. The summed E-state index contributed by atoms with van der Waals surface area (Å²) >= 11 is 0. The molecule has 1 saturated carbocycles. The lowest BCUT2D eigenvalue weighted by atomic mass is 9.54. The average molecular weight is 771 g/mol. The van der Waals surface area contributed by atoms with Gasteiger partial charge in [-0.15, -0.1) is 0 Å². The van der Waals surface area contributed by atoms with Crippen LogP contribution in [0.15, 0.2) is 131 Å². The van der Waals surface area contributed by atoms with E-state index in [2.05, 4.69) is 0 Å². The topological polar surface area (TPSA) is 129 Å². The lowest BCUT2D eigenvalue weighted by molar-refractivity contribution is -0.137. The minimum atomic E-state index is -0.787. The van der Waals surface area contributed by atoms with Crippen LogP contribution in [0.4, 0.5) is 11.4 Å². The van der Waals surface area contributed by atoms with E-state index in [4.69, 9.17) is 0 Å². The Morgan fingerprint density at radius 2 is 0.707 bits per heavy atom. The number of anilines is 2. The van der Waals surface area contributed by atoms with E-state index in [1.54, 1.807) is 67.3 Å². The summed E-state index contributed by atoms with van der Waals surface area (Å²) in [6.07, 6.45) is 3.68. The van der Waals surface area contributed by atoms with Gasteiger partial charge >= 0.3 is 0 Å². The van der Waals surface area contributed by atoms with E-state index in [-0.39, 0.29) is 11.1 Å². The number of nitrogens with zero attached hydrogens (tertiary/aromatic N) is 6. The van der Waals surface area contributed by atoms with Crippen LogP contribution in [-0.2, 0) is 33.3 Å². The van der Waals surface area contributed by atoms with Crippen molar-refractivity contribution in [2.75, 3.05) is 9.80 Å². The molecule has 4 unspecified atom stereocenters. The van der Waals surface area contributed by atoms with Gasteiger partial charge in [0.05, 0.1) is 57.5 Å². The number of allylic oxidation sites excluding steroid dienone is 2. The van der Waals surface area contributed by atoms with Crippen LogP contribution in [0, 0.1) is 49.4 Å². The third-order valence-electron chi connectivity index (χ3n) is 12.9. The summed E-state index contributed by atoms with van der Waals surface area (Å²) in [6.45, 7) is 3.74. The zero-order valence-electron chi connectivity index (χ0n) is 32.1. The molecule has 12 nitrogen and oxygen atoms in total. The standard InChI is InChI=1S/C46H38N6O6/c1-25-35(45(57)51(47(25)3)31-11-7-5-8-12-31)27-15-19-29(20-16-27)49-41(53)37-33-23-24-34(38(37)42(49)54)40-39(33)43(55)50(44(40)56)30-21-17-28(18-22-30)36-26(2)48(4)52(46(36)58)32-13-9-6-10-14-32/h5-24,33-34,37-40H,1-4H3. The predicted octanol–water partition coefficient (Wildman–Crippen LogP) is 5.34. The second-order valence-corrected chi connectivity index (χ2v) is 15.6. The molecule has 0 N–H and O–H groups in total. The van der Waals surface area contributed by atoms with Crippen molar-refractivity contribution >= 4 is 35.0 Å². The Hall–Kier alpha value is -7.08. The Bertz CT molecular complexity index is 2640. The summed E-state index contributed by atoms with van der Waals surface area (Å²) in [5.41, 5.74) is 5.68. The maximum atomic E-state index is 14.3. The van der Waals surface area contributed by atoms with Gasteiger partial charge < -0.3 is 0 Å².